The standard InChI is InChI=1S/C12H10N6S3/c1-2-4-13-8(3-1)10-17-18-9(15-16-11(18)21-10)7-20-12-14-5-6-19-12/h1-4H,5-7H2. The summed E-state index contributed by atoms with van der Waals surface area (Å²) in [5.41, 5.74) is 0.863. The largest absolute Gasteiger partial charge is 0.271 e. The summed E-state index contributed by atoms with van der Waals surface area (Å²) in [5.74, 6) is 2.67. The Kier molecular flexibility index (Phi) is 3.62. The van der Waals surface area contributed by atoms with Gasteiger partial charge in [0.1, 0.15) is 10.1 Å². The van der Waals surface area contributed by atoms with Crippen LogP contribution in [-0.2, 0) is 5.75 Å². The average Bonchev–Trinajstić information content (AvgIpc) is 3.23. The maximum atomic E-state index is 4.58. The summed E-state index contributed by atoms with van der Waals surface area (Å²) in [6.45, 7) is 0.919. The molecular weight excluding hydrogens is 324 g/mol. The number of pyridine rings is 1. The van der Waals surface area contributed by atoms with E-state index in [2.05, 4.69) is 25.3 Å². The molecule has 0 unspecified atom stereocenters. The van der Waals surface area contributed by atoms with Crippen LogP contribution >= 0.6 is 34.9 Å². The Balaban J connectivity index is 1.60. The van der Waals surface area contributed by atoms with E-state index in [9.17, 15) is 0 Å². The number of hydrogen-bond donors (Lipinski definition) is 0. The molecule has 3 aromatic heterocycles. The summed E-state index contributed by atoms with van der Waals surface area (Å²) < 4.78 is 2.94. The first-order valence-corrected chi connectivity index (χ1v) is 9.11. The number of hydrogen-bond acceptors (Lipinski definition) is 8. The summed E-state index contributed by atoms with van der Waals surface area (Å²) in [6.07, 6.45) is 1.77. The lowest BCUT2D eigenvalue weighted by Gasteiger charge is -1.97. The van der Waals surface area contributed by atoms with Crippen molar-refractivity contribution >= 4 is 44.2 Å². The van der Waals surface area contributed by atoms with Gasteiger partial charge < -0.3 is 0 Å². The van der Waals surface area contributed by atoms with Crippen molar-refractivity contribution in [3.63, 3.8) is 0 Å². The lowest BCUT2D eigenvalue weighted by atomic mass is 10.4. The van der Waals surface area contributed by atoms with E-state index in [1.165, 1.54) is 11.3 Å². The van der Waals surface area contributed by atoms with Crippen molar-refractivity contribution in [1.29, 1.82) is 0 Å². The van der Waals surface area contributed by atoms with E-state index in [-0.39, 0.29) is 0 Å². The van der Waals surface area contributed by atoms with Gasteiger partial charge in [-0.15, -0.1) is 10.2 Å². The topological polar surface area (TPSA) is 68.3 Å². The van der Waals surface area contributed by atoms with Gasteiger partial charge in [0, 0.05) is 11.9 Å². The molecule has 3 aromatic rings. The highest BCUT2D eigenvalue weighted by molar-refractivity contribution is 8.38. The van der Waals surface area contributed by atoms with Gasteiger partial charge in [-0.3, -0.25) is 9.98 Å². The van der Waals surface area contributed by atoms with Gasteiger partial charge in [-0.2, -0.15) is 9.61 Å². The number of rotatable bonds is 3. The zero-order valence-electron chi connectivity index (χ0n) is 10.8. The molecule has 0 spiro atoms. The molecule has 0 aliphatic carbocycles. The third-order valence-corrected chi connectivity index (χ3v) is 5.99. The molecular formula is C12H10N6S3. The van der Waals surface area contributed by atoms with Gasteiger partial charge >= 0.3 is 0 Å². The van der Waals surface area contributed by atoms with Crippen molar-refractivity contribution in [2.24, 2.45) is 4.99 Å². The van der Waals surface area contributed by atoms with Gasteiger partial charge in [0.2, 0.25) is 4.96 Å². The molecule has 0 saturated heterocycles. The first-order valence-electron chi connectivity index (χ1n) is 6.33. The minimum Gasteiger partial charge on any atom is -0.271 e. The van der Waals surface area contributed by atoms with E-state index >= 15 is 0 Å². The molecule has 0 saturated carbocycles. The van der Waals surface area contributed by atoms with Crippen LogP contribution in [-0.4, -0.2) is 41.5 Å². The zero-order valence-corrected chi connectivity index (χ0v) is 13.3. The van der Waals surface area contributed by atoms with E-state index in [4.69, 9.17) is 0 Å². The van der Waals surface area contributed by atoms with E-state index in [0.29, 0.717) is 0 Å². The molecule has 0 bridgehead atoms. The molecule has 4 rings (SSSR count). The van der Waals surface area contributed by atoms with Crippen LogP contribution in [0.3, 0.4) is 0 Å². The summed E-state index contributed by atoms with van der Waals surface area (Å²) in [6, 6.07) is 5.80. The Morgan fingerprint density at radius 1 is 1.29 bits per heavy atom. The first kappa shape index (κ1) is 13.2. The Labute approximate surface area is 133 Å². The molecule has 0 aromatic carbocycles. The van der Waals surface area contributed by atoms with Crippen molar-refractivity contribution in [2.45, 2.75) is 5.75 Å². The van der Waals surface area contributed by atoms with Crippen LogP contribution in [0.1, 0.15) is 5.82 Å². The van der Waals surface area contributed by atoms with Crippen molar-refractivity contribution in [1.82, 2.24) is 24.8 Å². The van der Waals surface area contributed by atoms with Gasteiger partial charge in [-0.25, -0.2) is 0 Å². The number of aliphatic imine (C=N–C) groups is 1. The Morgan fingerprint density at radius 3 is 3.10 bits per heavy atom. The average molecular weight is 334 g/mol. The molecule has 106 valence electrons. The molecule has 1 aliphatic rings. The minimum absolute atomic E-state index is 0.735. The Bertz CT molecular complexity index is 794. The highest BCUT2D eigenvalue weighted by Gasteiger charge is 2.15. The third-order valence-electron chi connectivity index (χ3n) is 2.82. The van der Waals surface area contributed by atoms with Crippen LogP contribution < -0.4 is 0 Å². The lowest BCUT2D eigenvalue weighted by Crippen LogP contribution is -1.95. The number of thioether (sulfide) groups is 2. The minimum atomic E-state index is 0.735. The molecule has 0 radical (unpaired) electrons. The smallest absolute Gasteiger partial charge is 0.235 e. The van der Waals surface area contributed by atoms with Crippen LogP contribution in [0.15, 0.2) is 29.4 Å². The fourth-order valence-electron chi connectivity index (χ4n) is 1.87. The number of fused-ring (bicyclic) bond motifs is 1. The maximum absolute atomic E-state index is 4.58. The van der Waals surface area contributed by atoms with Crippen LogP contribution in [0.4, 0.5) is 0 Å². The Hall–Kier alpha value is -1.45. The molecule has 4 heterocycles. The SMILES string of the molecule is c1ccc(-c2nn3c(CSC4=NCCS4)nnc3s2)nc1. The molecule has 1 aliphatic heterocycles. The monoisotopic (exact) mass is 334 g/mol. The van der Waals surface area contributed by atoms with E-state index < -0.39 is 0 Å². The zero-order chi connectivity index (χ0) is 14.1. The van der Waals surface area contributed by atoms with Gasteiger partial charge in [0.15, 0.2) is 10.8 Å². The van der Waals surface area contributed by atoms with E-state index in [1.807, 2.05) is 22.7 Å². The van der Waals surface area contributed by atoms with Gasteiger partial charge in [-0.1, -0.05) is 40.9 Å². The molecule has 0 amide bonds. The fourth-order valence-corrected chi connectivity index (χ4v) is 4.62. The Morgan fingerprint density at radius 2 is 2.29 bits per heavy atom. The molecule has 9 heteroatoms. The fraction of sp³-hybridized carbons (Fsp3) is 0.250. The van der Waals surface area contributed by atoms with Gasteiger partial charge in [-0.05, 0) is 12.1 Å². The van der Waals surface area contributed by atoms with Gasteiger partial charge in [0.05, 0.1) is 12.3 Å². The predicted octanol–water partition coefficient (Wildman–Crippen LogP) is 2.58. The third kappa shape index (κ3) is 2.68. The van der Waals surface area contributed by atoms with Crippen LogP contribution in [0.25, 0.3) is 15.7 Å². The maximum Gasteiger partial charge on any atom is 0.235 e. The molecule has 0 atom stereocenters. The number of nitrogens with zero attached hydrogens (tertiary/aromatic N) is 6. The van der Waals surface area contributed by atoms with Crippen LogP contribution in [0.2, 0.25) is 0 Å². The van der Waals surface area contributed by atoms with Crippen LogP contribution in [0.5, 0.6) is 0 Å². The van der Waals surface area contributed by atoms with E-state index in [0.717, 1.165) is 43.9 Å². The van der Waals surface area contributed by atoms with Crippen molar-refractivity contribution in [3.8, 4) is 10.7 Å². The second kappa shape index (κ2) is 5.74. The molecule has 0 N–H and O–H groups in total. The summed E-state index contributed by atoms with van der Waals surface area (Å²) in [5, 5.41) is 13.8. The lowest BCUT2D eigenvalue weighted by molar-refractivity contribution is 0.887. The highest BCUT2D eigenvalue weighted by Crippen LogP contribution is 2.27. The highest BCUT2D eigenvalue weighted by atomic mass is 32.2. The predicted molar refractivity (Wildman–Crippen MR) is 87.9 cm³/mol. The molecule has 6 nitrogen and oxygen atoms in total. The summed E-state index contributed by atoms with van der Waals surface area (Å²) >= 11 is 5.00. The summed E-state index contributed by atoms with van der Waals surface area (Å²) in [7, 11) is 0. The van der Waals surface area contributed by atoms with Crippen molar-refractivity contribution in [3.05, 3.63) is 30.2 Å². The quantitative estimate of drug-likeness (QED) is 0.733. The number of aromatic nitrogens is 5. The van der Waals surface area contributed by atoms with Crippen LogP contribution in [0, 0.1) is 0 Å². The van der Waals surface area contributed by atoms with Crippen molar-refractivity contribution in [2.75, 3.05) is 12.3 Å². The second-order valence-corrected chi connectivity index (χ2v) is 7.48. The van der Waals surface area contributed by atoms with E-state index in [1.54, 1.807) is 29.7 Å². The normalized spacial score (nSPS) is 14.8. The first-order chi connectivity index (χ1) is 10.4. The second-order valence-electron chi connectivity index (χ2n) is 4.22. The van der Waals surface area contributed by atoms with Gasteiger partial charge in [0.25, 0.3) is 0 Å². The molecule has 21 heavy (non-hydrogen) atoms. The van der Waals surface area contributed by atoms with Crippen molar-refractivity contribution < 1.29 is 0 Å². The molecule has 0 fully saturated rings. The summed E-state index contributed by atoms with van der Waals surface area (Å²) in [4.78, 5) is 9.54.